The molecule has 32 heteroatoms. The Morgan fingerprint density at radius 1 is 0.477 bits per heavy atom. The first kappa shape index (κ1) is 78.4. The fourth-order valence-corrected chi connectivity index (χ4v) is 19.8. The Morgan fingerprint density at radius 2 is 0.881 bits per heavy atom. The monoisotopic (exact) mass is 1590 g/mol. The van der Waals surface area contributed by atoms with Gasteiger partial charge in [0, 0.05) is 167 Å². The molecule has 12 aromatic rings. The molecule has 24 nitrogen and oxygen atoms in total. The maximum Gasteiger partial charge on any atom is 0.327 e. The molecule has 3 aliphatic heterocycles. The molecule has 0 spiro atoms. The van der Waals surface area contributed by atoms with Crippen LogP contribution >= 0.6 is 68.0 Å². The summed E-state index contributed by atoms with van der Waals surface area (Å²) in [4.78, 5) is 75.9. The minimum absolute atomic E-state index is 0.0176. The number of carbonyl (C=O) groups is 4. The van der Waals surface area contributed by atoms with Crippen LogP contribution in [0.4, 0.5) is 23.8 Å². The minimum Gasteiger partial charge on any atom is -0.465 e. The summed E-state index contributed by atoms with van der Waals surface area (Å²) in [6, 6.07) is 24.5. The highest BCUT2D eigenvalue weighted by Gasteiger charge is 2.29. The third-order valence-electron chi connectivity index (χ3n) is 18.1. The second-order valence-corrected chi connectivity index (χ2v) is 32.0. The number of hydrogen-bond acceptors (Lipinski definition) is 26. The zero-order valence-corrected chi connectivity index (χ0v) is 65.6. The fraction of sp³-hybridized carbons (Fsp3) is 0.351. The number of methoxy groups -OCH3 is 3. The van der Waals surface area contributed by atoms with Crippen molar-refractivity contribution in [3.63, 3.8) is 0 Å². The lowest BCUT2D eigenvalue weighted by molar-refractivity contribution is -0.144. The van der Waals surface area contributed by atoms with Gasteiger partial charge in [0.15, 0.2) is 0 Å². The van der Waals surface area contributed by atoms with Gasteiger partial charge in [-0.25, -0.2) is 24.9 Å². The second-order valence-electron chi connectivity index (χ2n) is 25.6. The van der Waals surface area contributed by atoms with Crippen molar-refractivity contribution in [2.24, 2.45) is 0 Å². The smallest absolute Gasteiger partial charge is 0.327 e. The molecule has 12 heterocycles. The molecule has 15 rings (SSSR count). The van der Waals surface area contributed by atoms with Gasteiger partial charge < -0.3 is 66.8 Å². The van der Waals surface area contributed by atoms with Crippen molar-refractivity contribution in [2.75, 3.05) is 123 Å². The predicted octanol–water partition coefficient (Wildman–Crippen LogP) is 12.5. The van der Waals surface area contributed by atoms with Crippen molar-refractivity contribution in [3.05, 3.63) is 147 Å². The van der Waals surface area contributed by atoms with Crippen LogP contribution in [0.1, 0.15) is 57.5 Å². The van der Waals surface area contributed by atoms with Gasteiger partial charge in [0.25, 0.3) is 0 Å². The summed E-state index contributed by atoms with van der Waals surface area (Å²) in [5.41, 5.74) is 14.8. The maximum atomic E-state index is 13.6. The number of thiazole rings is 3. The van der Waals surface area contributed by atoms with Crippen molar-refractivity contribution < 1.29 is 46.9 Å². The first-order valence-corrected chi connectivity index (χ1v) is 40.9. The predicted molar refractivity (Wildman–Crippen MR) is 433 cm³/mol. The summed E-state index contributed by atoms with van der Waals surface area (Å²) in [6.07, 6.45) is 10.4. The molecular weight excluding hydrogens is 1510 g/mol. The summed E-state index contributed by atoms with van der Waals surface area (Å²) >= 11 is 9.74. The van der Waals surface area contributed by atoms with E-state index in [-0.39, 0.29) is 30.2 Å². The molecule has 9 N–H and O–H groups in total. The second kappa shape index (κ2) is 38.3. The Balaban J connectivity index is 0.000000144. The highest BCUT2D eigenvalue weighted by molar-refractivity contribution is 7.24. The van der Waals surface area contributed by atoms with E-state index in [1.807, 2.05) is 54.7 Å². The zero-order chi connectivity index (χ0) is 75.6. The maximum absolute atomic E-state index is 13.6. The standard InChI is InChI=1S/C27H32N6O4S2.2C25H26FN5O2S2/c1-3-37-24(35)16-33-15-18(13-30-33)17-4-5-21-20(12-17)31-26(38-21)25-19-6-8-29-14-22(19)39-27(25)32-23(34)7-9-28-10-11-36-2;1-33-11-10-27-8-6-22(32)31-25-23(17-5-7-28-14-20(17)35-25)24-30-18-12-15(2-3-19(18)34-24)16-4-9-29-21(26)13-16;1-33-11-10-27-8-6-22(32)31-25-23(17-5-7-28-14-20(17)35-25)24-30-18-3-2-15(12-19(18)34-24)16-4-9-29-21(26)13-16/h4-5,12-13,15,28-29H,3,6-11,14,16H2,1-2H3,(H,32,34);2*2-4,9,12-13,27-28H,5-8,10-11,14H2,1H3,(H,31,32). The van der Waals surface area contributed by atoms with Crippen LogP contribution in [-0.2, 0) is 83.6 Å². The summed E-state index contributed by atoms with van der Waals surface area (Å²) in [7, 11) is 4.98. The van der Waals surface area contributed by atoms with Gasteiger partial charge in [-0.2, -0.15) is 13.9 Å². The van der Waals surface area contributed by atoms with Crippen LogP contribution < -0.4 is 47.9 Å². The number of rotatable bonds is 30. The number of ether oxygens (including phenoxy) is 4. The number of anilines is 3. The number of fused-ring (bicyclic) bond motifs is 6. The number of amides is 3. The average Bonchev–Trinajstić information content (AvgIpc) is 1.63. The van der Waals surface area contributed by atoms with Gasteiger partial charge in [0.05, 0.1) is 63.3 Å². The quantitative estimate of drug-likeness (QED) is 0.0115. The fourth-order valence-electron chi connectivity index (χ4n) is 12.8. The number of nitrogens with one attached hydrogen (secondary N) is 9. The summed E-state index contributed by atoms with van der Waals surface area (Å²) in [5.74, 6) is -1.38. The van der Waals surface area contributed by atoms with Crippen molar-refractivity contribution in [3.8, 4) is 65.1 Å². The molecule has 3 aromatic carbocycles. The van der Waals surface area contributed by atoms with E-state index in [0.29, 0.717) is 85.0 Å². The van der Waals surface area contributed by atoms with E-state index < -0.39 is 11.9 Å². The molecule has 0 radical (unpaired) electrons. The van der Waals surface area contributed by atoms with Crippen LogP contribution in [0, 0.1) is 11.9 Å². The van der Waals surface area contributed by atoms with E-state index >= 15 is 0 Å². The third kappa shape index (κ3) is 20.1. The summed E-state index contributed by atoms with van der Waals surface area (Å²) < 4.78 is 52.1. The summed E-state index contributed by atoms with van der Waals surface area (Å²) in [6.45, 7) is 13.1. The zero-order valence-electron chi connectivity index (χ0n) is 60.7. The van der Waals surface area contributed by atoms with E-state index in [1.165, 1.54) is 55.8 Å². The molecule has 0 atom stereocenters. The number of pyridine rings is 2. The van der Waals surface area contributed by atoms with Crippen molar-refractivity contribution >= 4 is 137 Å². The molecular formula is C77H84F2N16O8S6. The number of aromatic nitrogens is 7. The lowest BCUT2D eigenvalue weighted by atomic mass is 10.0. The van der Waals surface area contributed by atoms with Gasteiger partial charge in [-0.1, -0.05) is 18.2 Å². The van der Waals surface area contributed by atoms with Crippen molar-refractivity contribution in [1.29, 1.82) is 0 Å². The van der Waals surface area contributed by atoms with Gasteiger partial charge in [0.2, 0.25) is 29.6 Å². The molecule has 0 aliphatic carbocycles. The minimum atomic E-state index is -0.505. The van der Waals surface area contributed by atoms with Crippen LogP contribution in [0.3, 0.4) is 0 Å². The normalized spacial score (nSPS) is 13.1. The Labute approximate surface area is 652 Å². The molecule has 0 saturated heterocycles. The topological polar surface area (TPSA) is 296 Å². The Morgan fingerprint density at radius 3 is 1.31 bits per heavy atom. The van der Waals surface area contributed by atoms with Gasteiger partial charge in [-0.05, 0) is 139 Å². The largest absolute Gasteiger partial charge is 0.465 e. The third-order valence-corrected chi connectivity index (χ3v) is 24.7. The van der Waals surface area contributed by atoms with Gasteiger partial charge in [-0.3, -0.25) is 23.9 Å². The molecule has 0 fully saturated rings. The van der Waals surface area contributed by atoms with Crippen molar-refractivity contribution in [2.45, 2.75) is 71.6 Å². The van der Waals surface area contributed by atoms with Crippen molar-refractivity contribution in [1.82, 2.24) is 66.6 Å². The number of hydrogen-bond donors (Lipinski definition) is 9. The Bertz CT molecular complexity index is 4960. The van der Waals surface area contributed by atoms with Crippen LogP contribution in [0.15, 0.2) is 104 Å². The number of halogens is 2. The average molecular weight is 1590 g/mol. The van der Waals surface area contributed by atoms with E-state index in [1.54, 1.807) is 119 Å². The first-order valence-electron chi connectivity index (χ1n) is 36.0. The molecule has 0 unspecified atom stereocenters. The van der Waals surface area contributed by atoms with Crippen LogP contribution in [-0.4, -0.2) is 165 Å². The summed E-state index contributed by atoms with van der Waals surface area (Å²) in [5, 5.41) is 38.9. The number of esters is 1. The van der Waals surface area contributed by atoms with Crippen LogP contribution in [0.2, 0.25) is 0 Å². The number of carbonyl (C=O) groups excluding carboxylic acids is 4. The molecule has 3 aliphatic rings. The molecule has 0 saturated carbocycles. The SMILES string of the molecule is CCOC(=O)Cn1cc(-c2ccc3sc(-c4c(NC(=O)CCNCCOC)sc5c4CCNC5)nc3c2)cn1.COCCNCCC(=O)Nc1sc2c(c1-c1nc3cc(-c4ccnc(F)c4)ccc3s1)CCNC2.COCCNCCC(=O)Nc1sc2c(c1-c1nc3ccc(-c4ccnc(F)c4)cc3s1)CCNC2. The molecule has 570 valence electrons. The van der Waals surface area contributed by atoms with Gasteiger partial charge in [-0.15, -0.1) is 68.0 Å². The number of nitrogens with zero attached hydrogens (tertiary/aromatic N) is 7. The molecule has 0 bridgehead atoms. The van der Waals surface area contributed by atoms with Gasteiger partial charge >= 0.3 is 5.97 Å². The number of benzene rings is 3. The highest BCUT2D eigenvalue weighted by Crippen LogP contribution is 2.49. The lowest BCUT2D eigenvalue weighted by Crippen LogP contribution is -2.24. The van der Waals surface area contributed by atoms with E-state index in [9.17, 15) is 28.0 Å². The Kier molecular flexibility index (Phi) is 27.6. The molecule has 109 heavy (non-hydrogen) atoms. The van der Waals surface area contributed by atoms with Crippen LogP contribution in [0.5, 0.6) is 0 Å². The highest BCUT2D eigenvalue weighted by atomic mass is 32.1. The van der Waals surface area contributed by atoms with E-state index in [4.69, 9.17) is 33.9 Å². The van der Waals surface area contributed by atoms with Crippen LogP contribution in [0.25, 0.3) is 95.7 Å². The Hall–Kier alpha value is -8.68. The van der Waals surface area contributed by atoms with E-state index in [0.717, 1.165) is 169 Å². The molecule has 9 aromatic heterocycles. The first-order chi connectivity index (χ1) is 53.3. The number of thiophene rings is 3. The van der Waals surface area contributed by atoms with Gasteiger partial charge in [0.1, 0.15) is 36.6 Å². The lowest BCUT2D eigenvalue weighted by Gasteiger charge is -2.13. The molecule has 3 amide bonds. The van der Waals surface area contributed by atoms with E-state index in [2.05, 4.69) is 69.0 Å².